The summed E-state index contributed by atoms with van der Waals surface area (Å²) in [7, 11) is 0. The number of nitrogens with one attached hydrogen (secondary N) is 1. The molecule has 1 aromatic rings. The van der Waals surface area contributed by atoms with Gasteiger partial charge in [0.1, 0.15) is 5.69 Å². The van der Waals surface area contributed by atoms with Crippen LogP contribution in [0.3, 0.4) is 0 Å². The van der Waals surface area contributed by atoms with Gasteiger partial charge >= 0.3 is 0 Å². The van der Waals surface area contributed by atoms with E-state index in [4.69, 9.17) is 4.74 Å². The van der Waals surface area contributed by atoms with Crippen LogP contribution < -0.4 is 5.32 Å². The van der Waals surface area contributed by atoms with Crippen LogP contribution in [0, 0.1) is 0 Å². The van der Waals surface area contributed by atoms with Crippen molar-refractivity contribution in [3.05, 3.63) is 16.6 Å². The highest BCUT2D eigenvalue weighted by atomic mass is 32.1. The first-order valence-electron chi connectivity index (χ1n) is 4.94. The summed E-state index contributed by atoms with van der Waals surface area (Å²) in [6, 6.07) is 0. The van der Waals surface area contributed by atoms with Gasteiger partial charge in [0.2, 0.25) is 0 Å². The van der Waals surface area contributed by atoms with E-state index < -0.39 is 0 Å². The fourth-order valence-corrected chi connectivity index (χ4v) is 2.18. The smallest absolute Gasteiger partial charge is 0.271 e. The molecule has 0 aromatic carbocycles. The van der Waals surface area contributed by atoms with Crippen molar-refractivity contribution in [1.29, 1.82) is 0 Å². The standard InChI is InChI=1S/C10H14N2O2S/c1-7-10(2,3-4-14-7)12-9(13)8-5-15-6-11-8/h5-7H,3-4H2,1-2H3,(H,12,13). The number of rotatable bonds is 2. The molecule has 5 heteroatoms. The first-order valence-corrected chi connectivity index (χ1v) is 5.88. The maximum absolute atomic E-state index is 11.8. The molecule has 1 N–H and O–H groups in total. The van der Waals surface area contributed by atoms with Crippen molar-refractivity contribution in [2.45, 2.75) is 31.9 Å². The highest BCUT2D eigenvalue weighted by Crippen LogP contribution is 2.25. The molecule has 2 heterocycles. The molecule has 4 nitrogen and oxygen atoms in total. The molecule has 1 aliphatic rings. The number of hydrogen-bond donors (Lipinski definition) is 1. The van der Waals surface area contributed by atoms with Crippen LogP contribution in [0.2, 0.25) is 0 Å². The fourth-order valence-electron chi connectivity index (χ4n) is 1.65. The lowest BCUT2D eigenvalue weighted by molar-refractivity contribution is 0.0724. The van der Waals surface area contributed by atoms with Crippen LogP contribution in [0.1, 0.15) is 30.8 Å². The summed E-state index contributed by atoms with van der Waals surface area (Å²) in [5.74, 6) is -0.115. The molecule has 2 rings (SSSR count). The Bertz CT molecular complexity index is 352. The maximum atomic E-state index is 11.8. The number of hydrogen-bond acceptors (Lipinski definition) is 4. The van der Waals surface area contributed by atoms with Gasteiger partial charge in [0.15, 0.2) is 0 Å². The lowest BCUT2D eigenvalue weighted by atomic mass is 9.94. The zero-order valence-corrected chi connectivity index (χ0v) is 9.63. The number of carbonyl (C=O) groups excluding carboxylic acids is 1. The molecule has 1 saturated heterocycles. The van der Waals surface area contributed by atoms with Crippen molar-refractivity contribution in [2.75, 3.05) is 6.61 Å². The molecule has 2 atom stereocenters. The normalized spacial score (nSPS) is 30.4. The first kappa shape index (κ1) is 10.6. The molecule has 82 valence electrons. The lowest BCUT2D eigenvalue weighted by Gasteiger charge is -2.28. The van der Waals surface area contributed by atoms with Gasteiger partial charge in [-0.25, -0.2) is 4.98 Å². The van der Waals surface area contributed by atoms with E-state index in [0.717, 1.165) is 6.42 Å². The van der Waals surface area contributed by atoms with Crippen molar-refractivity contribution in [3.8, 4) is 0 Å². The third-order valence-corrected chi connectivity index (χ3v) is 3.54. The highest BCUT2D eigenvalue weighted by Gasteiger charge is 2.38. The van der Waals surface area contributed by atoms with Gasteiger partial charge in [-0.15, -0.1) is 11.3 Å². The zero-order chi connectivity index (χ0) is 10.9. The van der Waals surface area contributed by atoms with Crippen molar-refractivity contribution in [2.24, 2.45) is 0 Å². The molecule has 1 amide bonds. The van der Waals surface area contributed by atoms with Crippen LogP contribution in [-0.2, 0) is 4.74 Å². The van der Waals surface area contributed by atoms with Gasteiger partial charge in [0.25, 0.3) is 5.91 Å². The number of carbonyl (C=O) groups is 1. The predicted octanol–water partition coefficient (Wildman–Crippen LogP) is 1.44. The molecule has 2 unspecified atom stereocenters. The first-order chi connectivity index (χ1) is 7.12. The van der Waals surface area contributed by atoms with Gasteiger partial charge in [-0.2, -0.15) is 0 Å². The Morgan fingerprint density at radius 3 is 3.13 bits per heavy atom. The van der Waals surface area contributed by atoms with Gasteiger partial charge in [-0.05, 0) is 20.3 Å². The second kappa shape index (κ2) is 3.90. The minimum atomic E-state index is -0.263. The molecule has 0 spiro atoms. The van der Waals surface area contributed by atoms with Crippen LogP contribution in [-0.4, -0.2) is 29.1 Å². The number of thiazole rings is 1. The SMILES string of the molecule is CC1OCCC1(C)NC(=O)c1cscn1. The minimum absolute atomic E-state index is 0.0556. The molecule has 15 heavy (non-hydrogen) atoms. The van der Waals surface area contributed by atoms with E-state index in [2.05, 4.69) is 10.3 Å². The van der Waals surface area contributed by atoms with E-state index >= 15 is 0 Å². The lowest BCUT2D eigenvalue weighted by Crippen LogP contribution is -2.50. The van der Waals surface area contributed by atoms with E-state index in [9.17, 15) is 4.79 Å². The zero-order valence-electron chi connectivity index (χ0n) is 8.82. The Labute approximate surface area is 92.7 Å². The summed E-state index contributed by atoms with van der Waals surface area (Å²) < 4.78 is 5.45. The Morgan fingerprint density at radius 2 is 2.60 bits per heavy atom. The summed E-state index contributed by atoms with van der Waals surface area (Å²) in [5, 5.41) is 4.74. The summed E-state index contributed by atoms with van der Waals surface area (Å²) in [4.78, 5) is 15.8. The summed E-state index contributed by atoms with van der Waals surface area (Å²) >= 11 is 1.42. The minimum Gasteiger partial charge on any atom is -0.376 e. The monoisotopic (exact) mass is 226 g/mol. The van der Waals surface area contributed by atoms with Gasteiger partial charge in [0.05, 0.1) is 17.2 Å². The topological polar surface area (TPSA) is 51.2 Å². The fraction of sp³-hybridized carbons (Fsp3) is 0.600. The Morgan fingerprint density at radius 1 is 1.80 bits per heavy atom. The number of ether oxygens (including phenoxy) is 1. The van der Waals surface area contributed by atoms with Gasteiger partial charge < -0.3 is 10.1 Å². The third-order valence-electron chi connectivity index (χ3n) is 2.95. The van der Waals surface area contributed by atoms with Crippen molar-refractivity contribution in [1.82, 2.24) is 10.3 Å². The molecule has 1 aromatic heterocycles. The third kappa shape index (κ3) is 2.03. The van der Waals surface area contributed by atoms with Gasteiger partial charge in [-0.3, -0.25) is 4.79 Å². The largest absolute Gasteiger partial charge is 0.376 e. The van der Waals surface area contributed by atoms with E-state index in [1.807, 2.05) is 13.8 Å². The molecular formula is C10H14N2O2S. The molecule has 1 fully saturated rings. The van der Waals surface area contributed by atoms with E-state index in [1.54, 1.807) is 10.9 Å². The van der Waals surface area contributed by atoms with Crippen molar-refractivity contribution in [3.63, 3.8) is 0 Å². The molecule has 1 aliphatic heterocycles. The summed E-state index contributed by atoms with van der Waals surface area (Å²) in [5.41, 5.74) is 1.88. The van der Waals surface area contributed by atoms with Gasteiger partial charge in [-0.1, -0.05) is 0 Å². The molecule has 0 aliphatic carbocycles. The second-order valence-corrected chi connectivity index (χ2v) is 4.73. The highest BCUT2D eigenvalue weighted by molar-refractivity contribution is 7.07. The van der Waals surface area contributed by atoms with Gasteiger partial charge in [0, 0.05) is 12.0 Å². The number of aromatic nitrogens is 1. The van der Waals surface area contributed by atoms with Crippen LogP contribution in [0.4, 0.5) is 0 Å². The van der Waals surface area contributed by atoms with Crippen molar-refractivity contribution >= 4 is 17.2 Å². The van der Waals surface area contributed by atoms with E-state index in [1.165, 1.54) is 11.3 Å². The Kier molecular flexibility index (Phi) is 2.75. The molecule has 0 radical (unpaired) electrons. The molecule has 0 bridgehead atoms. The average Bonchev–Trinajstić information content (AvgIpc) is 2.78. The Balaban J connectivity index is 2.06. The summed E-state index contributed by atoms with van der Waals surface area (Å²) in [6.07, 6.45) is 0.907. The van der Waals surface area contributed by atoms with E-state index in [0.29, 0.717) is 12.3 Å². The number of amides is 1. The number of nitrogens with zero attached hydrogens (tertiary/aromatic N) is 1. The van der Waals surface area contributed by atoms with Crippen LogP contribution >= 0.6 is 11.3 Å². The van der Waals surface area contributed by atoms with Crippen molar-refractivity contribution < 1.29 is 9.53 Å². The predicted molar refractivity (Wildman–Crippen MR) is 58.0 cm³/mol. The second-order valence-electron chi connectivity index (χ2n) is 4.01. The Hall–Kier alpha value is -0.940. The quantitative estimate of drug-likeness (QED) is 0.830. The molecule has 0 saturated carbocycles. The van der Waals surface area contributed by atoms with E-state index in [-0.39, 0.29) is 17.6 Å². The van der Waals surface area contributed by atoms with Crippen LogP contribution in [0.25, 0.3) is 0 Å². The van der Waals surface area contributed by atoms with Crippen LogP contribution in [0.5, 0.6) is 0 Å². The summed E-state index contributed by atoms with van der Waals surface area (Å²) in [6.45, 7) is 4.69. The molecular weight excluding hydrogens is 212 g/mol. The average molecular weight is 226 g/mol. The van der Waals surface area contributed by atoms with Crippen LogP contribution in [0.15, 0.2) is 10.9 Å². The maximum Gasteiger partial charge on any atom is 0.271 e.